The third-order valence-corrected chi connectivity index (χ3v) is 3.28. The molecule has 23 heavy (non-hydrogen) atoms. The summed E-state index contributed by atoms with van der Waals surface area (Å²) in [4.78, 5) is 11.9. The molecule has 6 heteroatoms. The number of carbonyl (C=O) groups is 1. The average Bonchev–Trinajstić information content (AvgIpc) is 2.47. The molecule has 0 aliphatic carbocycles. The third-order valence-electron chi connectivity index (χ3n) is 3.28. The standard InChI is InChI=1S/C17H17F3N2O/c1-11(2)12-6-8-14(9-7-12)21-16(23)22-15-5-3-4-13(10-15)17(18,19)20/h3-11H,1-2H3,(H2,21,22,23). The Morgan fingerprint density at radius 2 is 1.57 bits per heavy atom. The Balaban J connectivity index is 2.02. The van der Waals surface area contributed by atoms with E-state index in [1.54, 1.807) is 12.1 Å². The number of benzene rings is 2. The lowest BCUT2D eigenvalue weighted by molar-refractivity contribution is -0.137. The van der Waals surface area contributed by atoms with Gasteiger partial charge in [0.05, 0.1) is 5.56 Å². The van der Waals surface area contributed by atoms with Crippen molar-refractivity contribution in [2.24, 2.45) is 0 Å². The summed E-state index contributed by atoms with van der Waals surface area (Å²) in [6, 6.07) is 11.2. The first-order chi connectivity index (χ1) is 10.8. The maximum atomic E-state index is 12.6. The summed E-state index contributed by atoms with van der Waals surface area (Å²) in [5.41, 5.74) is 0.973. The normalized spacial score (nSPS) is 11.4. The molecule has 0 spiro atoms. The summed E-state index contributed by atoms with van der Waals surface area (Å²) in [5.74, 6) is 0.378. The molecule has 122 valence electrons. The van der Waals surface area contributed by atoms with Crippen LogP contribution in [0.15, 0.2) is 48.5 Å². The first-order valence-corrected chi connectivity index (χ1v) is 7.11. The summed E-state index contributed by atoms with van der Waals surface area (Å²) < 4.78 is 37.9. The highest BCUT2D eigenvalue weighted by atomic mass is 19.4. The van der Waals surface area contributed by atoms with Gasteiger partial charge in [0.25, 0.3) is 0 Å². The number of amides is 2. The van der Waals surface area contributed by atoms with E-state index < -0.39 is 17.8 Å². The van der Waals surface area contributed by atoms with Gasteiger partial charge >= 0.3 is 12.2 Å². The molecule has 2 aromatic rings. The van der Waals surface area contributed by atoms with E-state index in [-0.39, 0.29) is 5.69 Å². The Labute approximate surface area is 132 Å². The zero-order valence-electron chi connectivity index (χ0n) is 12.7. The van der Waals surface area contributed by atoms with Crippen molar-refractivity contribution in [2.75, 3.05) is 10.6 Å². The number of anilines is 2. The van der Waals surface area contributed by atoms with E-state index >= 15 is 0 Å². The van der Waals surface area contributed by atoms with Crippen molar-refractivity contribution in [3.05, 3.63) is 59.7 Å². The quantitative estimate of drug-likeness (QED) is 0.772. The minimum absolute atomic E-state index is 0.0797. The lowest BCUT2D eigenvalue weighted by Crippen LogP contribution is -2.19. The number of alkyl halides is 3. The Bertz CT molecular complexity index is 679. The number of hydrogen-bond acceptors (Lipinski definition) is 1. The molecule has 0 aliphatic rings. The molecule has 2 N–H and O–H groups in total. The molecular formula is C17H17F3N2O. The van der Waals surface area contributed by atoms with Crippen molar-refractivity contribution >= 4 is 17.4 Å². The minimum atomic E-state index is -4.44. The lowest BCUT2D eigenvalue weighted by Gasteiger charge is -2.11. The molecule has 0 fully saturated rings. The molecule has 0 atom stereocenters. The first-order valence-electron chi connectivity index (χ1n) is 7.11. The number of carbonyl (C=O) groups excluding carboxylic acids is 1. The minimum Gasteiger partial charge on any atom is -0.308 e. The number of nitrogens with one attached hydrogen (secondary N) is 2. The van der Waals surface area contributed by atoms with Gasteiger partial charge in [0.2, 0.25) is 0 Å². The van der Waals surface area contributed by atoms with Crippen LogP contribution >= 0.6 is 0 Å². The molecule has 0 saturated heterocycles. The molecule has 3 nitrogen and oxygen atoms in total. The molecule has 2 rings (SSSR count). The second-order valence-corrected chi connectivity index (χ2v) is 5.43. The fourth-order valence-electron chi connectivity index (χ4n) is 2.02. The van der Waals surface area contributed by atoms with Crippen LogP contribution in [0.1, 0.15) is 30.9 Å². The average molecular weight is 322 g/mol. The summed E-state index contributed by atoms with van der Waals surface area (Å²) in [6.07, 6.45) is -4.44. The van der Waals surface area contributed by atoms with Gasteiger partial charge in [0.1, 0.15) is 0 Å². The van der Waals surface area contributed by atoms with Gasteiger partial charge in [-0.25, -0.2) is 4.79 Å². The van der Waals surface area contributed by atoms with Crippen LogP contribution in [0.3, 0.4) is 0 Å². The molecule has 2 aromatic carbocycles. The Hall–Kier alpha value is -2.50. The number of urea groups is 1. The van der Waals surface area contributed by atoms with E-state index in [4.69, 9.17) is 0 Å². The molecule has 0 aromatic heterocycles. The second-order valence-electron chi connectivity index (χ2n) is 5.43. The van der Waals surface area contributed by atoms with Gasteiger partial charge in [0, 0.05) is 11.4 Å². The zero-order chi connectivity index (χ0) is 17.0. The highest BCUT2D eigenvalue weighted by molar-refractivity contribution is 5.99. The van der Waals surface area contributed by atoms with Crippen molar-refractivity contribution in [3.8, 4) is 0 Å². The largest absolute Gasteiger partial charge is 0.416 e. The smallest absolute Gasteiger partial charge is 0.308 e. The van der Waals surface area contributed by atoms with Crippen LogP contribution in [0.25, 0.3) is 0 Å². The molecular weight excluding hydrogens is 305 g/mol. The number of halogens is 3. The Morgan fingerprint density at radius 1 is 0.957 bits per heavy atom. The molecule has 0 radical (unpaired) electrons. The zero-order valence-corrected chi connectivity index (χ0v) is 12.7. The van der Waals surface area contributed by atoms with Crippen molar-refractivity contribution in [2.45, 2.75) is 25.9 Å². The van der Waals surface area contributed by atoms with Crippen molar-refractivity contribution < 1.29 is 18.0 Å². The Kier molecular flexibility index (Phi) is 4.93. The van der Waals surface area contributed by atoms with E-state index in [2.05, 4.69) is 24.5 Å². The summed E-state index contributed by atoms with van der Waals surface area (Å²) in [5, 5.41) is 4.97. The van der Waals surface area contributed by atoms with E-state index in [9.17, 15) is 18.0 Å². The van der Waals surface area contributed by atoms with Gasteiger partial charge in [0.15, 0.2) is 0 Å². The summed E-state index contributed by atoms with van der Waals surface area (Å²) >= 11 is 0. The fourth-order valence-corrected chi connectivity index (χ4v) is 2.02. The van der Waals surface area contributed by atoms with Crippen LogP contribution in [0.5, 0.6) is 0 Å². The highest BCUT2D eigenvalue weighted by Crippen LogP contribution is 2.30. The molecule has 0 unspecified atom stereocenters. The van der Waals surface area contributed by atoms with Gasteiger partial charge in [-0.2, -0.15) is 13.2 Å². The van der Waals surface area contributed by atoms with Crippen LogP contribution in [-0.2, 0) is 6.18 Å². The third kappa shape index (κ3) is 4.74. The molecule has 0 bridgehead atoms. The molecule has 0 aliphatic heterocycles. The van der Waals surface area contributed by atoms with Crippen molar-refractivity contribution in [1.82, 2.24) is 0 Å². The van der Waals surface area contributed by atoms with Crippen LogP contribution in [0, 0.1) is 0 Å². The van der Waals surface area contributed by atoms with Crippen LogP contribution in [0.4, 0.5) is 29.3 Å². The predicted octanol–water partition coefficient (Wildman–Crippen LogP) is 5.47. The van der Waals surface area contributed by atoms with Gasteiger partial charge in [-0.1, -0.05) is 32.0 Å². The predicted molar refractivity (Wildman–Crippen MR) is 84.6 cm³/mol. The Morgan fingerprint density at radius 3 is 2.13 bits per heavy atom. The van der Waals surface area contributed by atoms with Crippen LogP contribution < -0.4 is 10.6 Å². The first kappa shape index (κ1) is 16.9. The van der Waals surface area contributed by atoms with E-state index in [0.717, 1.165) is 17.7 Å². The van der Waals surface area contributed by atoms with Gasteiger partial charge < -0.3 is 10.6 Å². The van der Waals surface area contributed by atoms with E-state index in [0.29, 0.717) is 11.6 Å². The van der Waals surface area contributed by atoms with Crippen LogP contribution in [0.2, 0.25) is 0 Å². The van der Waals surface area contributed by atoms with Gasteiger partial charge in [-0.3, -0.25) is 0 Å². The van der Waals surface area contributed by atoms with Gasteiger partial charge in [-0.15, -0.1) is 0 Å². The van der Waals surface area contributed by atoms with E-state index in [1.165, 1.54) is 12.1 Å². The van der Waals surface area contributed by atoms with Crippen molar-refractivity contribution in [1.29, 1.82) is 0 Å². The number of rotatable bonds is 3. The topological polar surface area (TPSA) is 41.1 Å². The highest BCUT2D eigenvalue weighted by Gasteiger charge is 2.30. The maximum Gasteiger partial charge on any atom is 0.416 e. The molecule has 0 heterocycles. The fraction of sp³-hybridized carbons (Fsp3) is 0.235. The SMILES string of the molecule is CC(C)c1ccc(NC(=O)Nc2cccc(C(F)(F)F)c2)cc1. The van der Waals surface area contributed by atoms with Crippen molar-refractivity contribution in [3.63, 3.8) is 0 Å². The van der Waals surface area contributed by atoms with E-state index in [1.807, 2.05) is 12.1 Å². The maximum absolute atomic E-state index is 12.6. The molecule has 2 amide bonds. The van der Waals surface area contributed by atoms with Crippen LogP contribution in [-0.4, -0.2) is 6.03 Å². The monoisotopic (exact) mass is 322 g/mol. The second kappa shape index (κ2) is 6.73. The lowest BCUT2D eigenvalue weighted by atomic mass is 10.0. The number of hydrogen-bond donors (Lipinski definition) is 2. The van der Waals surface area contributed by atoms with Gasteiger partial charge in [-0.05, 0) is 41.8 Å². The summed E-state index contributed by atoms with van der Waals surface area (Å²) in [6.45, 7) is 4.12. The summed E-state index contributed by atoms with van der Waals surface area (Å²) in [7, 11) is 0. The molecule has 0 saturated carbocycles.